The van der Waals surface area contributed by atoms with Crippen molar-refractivity contribution in [2.75, 3.05) is 0 Å². The van der Waals surface area contributed by atoms with Crippen molar-refractivity contribution in [3.05, 3.63) is 80.5 Å². The number of nitrogens with two attached hydrogens (primary N) is 1. The van der Waals surface area contributed by atoms with Crippen LogP contribution in [-0.4, -0.2) is 26.5 Å². The third-order valence-corrected chi connectivity index (χ3v) is 6.31. The van der Waals surface area contributed by atoms with Crippen LogP contribution in [0.25, 0.3) is 33.0 Å². The number of aromatic nitrogens is 2. The Morgan fingerprint density at radius 2 is 2.06 bits per heavy atom. The fourth-order valence-electron chi connectivity index (χ4n) is 3.92. The summed E-state index contributed by atoms with van der Waals surface area (Å²) in [5.41, 5.74) is 5.26. The van der Waals surface area contributed by atoms with E-state index in [-0.39, 0.29) is 39.9 Å². The van der Waals surface area contributed by atoms with E-state index in [1.807, 2.05) is 0 Å². The molecular formula is C22H14FN3O5S. The number of carboxylic acid groups (broad SMARTS) is 1. The summed E-state index contributed by atoms with van der Waals surface area (Å²) in [7, 11) is 0. The smallest absolute Gasteiger partial charge is 0.353 e. The predicted octanol–water partition coefficient (Wildman–Crippen LogP) is 3.79. The van der Waals surface area contributed by atoms with Gasteiger partial charge in [0, 0.05) is 16.6 Å². The van der Waals surface area contributed by atoms with Gasteiger partial charge < -0.3 is 24.8 Å². The number of halogens is 1. The molecule has 0 radical (unpaired) electrons. The summed E-state index contributed by atoms with van der Waals surface area (Å²) in [5, 5.41) is 10.6. The maximum atomic E-state index is 14.9. The molecule has 4 aromatic heterocycles. The Morgan fingerprint density at radius 3 is 2.75 bits per heavy atom. The highest BCUT2D eigenvalue weighted by Crippen LogP contribution is 2.40. The molecule has 0 unspecified atom stereocenters. The number of rotatable bonds is 5. The van der Waals surface area contributed by atoms with Gasteiger partial charge in [0.1, 0.15) is 17.1 Å². The van der Waals surface area contributed by atoms with E-state index in [1.54, 1.807) is 18.2 Å². The van der Waals surface area contributed by atoms with Gasteiger partial charge in [-0.15, -0.1) is 11.3 Å². The zero-order chi connectivity index (χ0) is 22.6. The highest BCUT2D eigenvalue weighted by atomic mass is 32.1. The van der Waals surface area contributed by atoms with Crippen LogP contribution < -0.4 is 11.3 Å². The normalized spacial score (nSPS) is 11.4. The summed E-state index contributed by atoms with van der Waals surface area (Å²) in [4.78, 5) is 40.0. The van der Waals surface area contributed by atoms with Crippen molar-refractivity contribution in [1.82, 2.24) is 9.55 Å². The average Bonchev–Trinajstić information content (AvgIpc) is 3.47. The minimum absolute atomic E-state index is 0.0203. The van der Waals surface area contributed by atoms with E-state index in [2.05, 4.69) is 4.98 Å². The van der Waals surface area contributed by atoms with Crippen LogP contribution in [0.2, 0.25) is 0 Å². The van der Waals surface area contributed by atoms with E-state index in [1.165, 1.54) is 35.2 Å². The Morgan fingerprint density at radius 1 is 1.25 bits per heavy atom. The van der Waals surface area contributed by atoms with Gasteiger partial charge in [-0.3, -0.25) is 9.59 Å². The number of aromatic carboxylic acids is 1. The largest absolute Gasteiger partial charge is 0.477 e. The number of hydrogen-bond donors (Lipinski definition) is 3. The third-order valence-electron chi connectivity index (χ3n) is 5.23. The number of hydrogen-bond acceptors (Lipinski definition) is 5. The lowest BCUT2D eigenvalue weighted by Crippen LogP contribution is -2.13. The molecule has 4 heterocycles. The molecule has 5 rings (SSSR count). The molecular weight excluding hydrogens is 437 g/mol. The van der Waals surface area contributed by atoms with Gasteiger partial charge in [0.05, 0.1) is 39.5 Å². The van der Waals surface area contributed by atoms with Gasteiger partial charge in [-0.2, -0.15) is 0 Å². The number of pyridine rings is 1. The number of primary amides is 1. The lowest BCUT2D eigenvalue weighted by atomic mass is 10.0. The first kappa shape index (κ1) is 19.8. The van der Waals surface area contributed by atoms with E-state index in [0.717, 1.165) is 11.3 Å². The number of benzene rings is 1. The summed E-state index contributed by atoms with van der Waals surface area (Å²) in [6.07, 6.45) is 2.74. The fourth-order valence-corrected chi connectivity index (χ4v) is 4.77. The Balaban J connectivity index is 1.91. The van der Waals surface area contributed by atoms with Crippen molar-refractivity contribution in [3.63, 3.8) is 0 Å². The number of aromatic amines is 1. The highest BCUT2D eigenvalue weighted by molar-refractivity contribution is 7.14. The number of carbonyl (C=O) groups excluding carboxylic acids is 1. The van der Waals surface area contributed by atoms with E-state index in [0.29, 0.717) is 15.1 Å². The van der Waals surface area contributed by atoms with Crippen molar-refractivity contribution in [2.24, 2.45) is 5.73 Å². The van der Waals surface area contributed by atoms with Crippen LogP contribution in [0.4, 0.5) is 4.39 Å². The second-order valence-electron chi connectivity index (χ2n) is 7.07. The first-order valence-electron chi connectivity index (χ1n) is 9.38. The topological polar surface area (TPSA) is 131 Å². The molecule has 0 bridgehead atoms. The van der Waals surface area contributed by atoms with E-state index >= 15 is 0 Å². The van der Waals surface area contributed by atoms with Gasteiger partial charge in [0.2, 0.25) is 0 Å². The van der Waals surface area contributed by atoms with Gasteiger partial charge in [0.25, 0.3) is 11.5 Å². The number of carbonyl (C=O) groups is 2. The highest BCUT2D eigenvalue weighted by Gasteiger charge is 2.29. The zero-order valence-corrected chi connectivity index (χ0v) is 17.0. The molecule has 5 aromatic rings. The number of amides is 1. The predicted molar refractivity (Wildman–Crippen MR) is 117 cm³/mol. The third kappa shape index (κ3) is 2.92. The number of carboxylic acids is 1. The van der Waals surface area contributed by atoms with Crippen LogP contribution in [-0.2, 0) is 6.54 Å². The first-order valence-corrected chi connectivity index (χ1v) is 10.2. The van der Waals surface area contributed by atoms with Crippen molar-refractivity contribution >= 4 is 45.1 Å². The molecule has 0 saturated carbocycles. The quantitative estimate of drug-likeness (QED) is 0.374. The lowest BCUT2D eigenvalue weighted by molar-refractivity contribution is 0.0687. The second-order valence-corrected chi connectivity index (χ2v) is 8.24. The van der Waals surface area contributed by atoms with Crippen LogP contribution in [0.1, 0.15) is 25.0 Å². The van der Waals surface area contributed by atoms with Crippen LogP contribution in [0.15, 0.2) is 58.1 Å². The standard InChI is InChI=1S/C22H14FN3O5S/c23-13-8-14-17(19-11(13)5-7-31-19)16(12-2-1-6-25-21(12)28)18(22(29)30)26(14)9-10-3-4-15(32-10)20(24)27/h1-8H,9H2,(H2,24,27)(H,25,28)(H,29,30). The molecule has 160 valence electrons. The van der Waals surface area contributed by atoms with Crippen molar-refractivity contribution in [2.45, 2.75) is 6.54 Å². The maximum absolute atomic E-state index is 14.9. The number of fused-ring (bicyclic) bond motifs is 3. The van der Waals surface area contributed by atoms with Crippen molar-refractivity contribution in [3.8, 4) is 11.1 Å². The number of nitrogens with zero attached hydrogens (tertiary/aromatic N) is 1. The number of furan rings is 1. The maximum Gasteiger partial charge on any atom is 0.353 e. The molecule has 0 saturated heterocycles. The summed E-state index contributed by atoms with van der Waals surface area (Å²) in [5.74, 6) is -2.49. The molecule has 1 amide bonds. The monoisotopic (exact) mass is 451 g/mol. The Kier molecular flexibility index (Phi) is 4.45. The van der Waals surface area contributed by atoms with E-state index in [9.17, 15) is 23.9 Å². The Hall–Kier alpha value is -4.18. The van der Waals surface area contributed by atoms with E-state index < -0.39 is 23.3 Å². The van der Waals surface area contributed by atoms with Crippen LogP contribution in [0.3, 0.4) is 0 Å². The van der Waals surface area contributed by atoms with Crippen LogP contribution >= 0.6 is 11.3 Å². The molecule has 0 aliphatic carbocycles. The minimum Gasteiger partial charge on any atom is -0.477 e. The van der Waals surface area contributed by atoms with E-state index in [4.69, 9.17) is 10.2 Å². The zero-order valence-electron chi connectivity index (χ0n) is 16.2. The number of thiophene rings is 1. The summed E-state index contributed by atoms with van der Waals surface area (Å²) < 4.78 is 21.8. The molecule has 0 aliphatic heterocycles. The Bertz CT molecular complexity index is 1610. The molecule has 8 nitrogen and oxygen atoms in total. The number of H-pyrrole nitrogens is 1. The summed E-state index contributed by atoms with van der Waals surface area (Å²) >= 11 is 1.11. The SMILES string of the molecule is NC(=O)c1ccc(Cn2c(C(=O)O)c(-c3ccc[nH]c3=O)c3c4occc4c(F)cc32)s1. The molecule has 1 aromatic carbocycles. The van der Waals surface area contributed by atoms with Crippen molar-refractivity contribution < 1.29 is 23.5 Å². The Labute approximate surface area is 182 Å². The molecule has 0 spiro atoms. The lowest BCUT2D eigenvalue weighted by Gasteiger charge is -2.08. The molecule has 10 heteroatoms. The van der Waals surface area contributed by atoms with Gasteiger partial charge in [-0.05, 0) is 36.4 Å². The van der Waals surface area contributed by atoms with Crippen LogP contribution in [0.5, 0.6) is 0 Å². The second kappa shape index (κ2) is 7.20. The van der Waals surface area contributed by atoms with Gasteiger partial charge >= 0.3 is 5.97 Å². The summed E-state index contributed by atoms with van der Waals surface area (Å²) in [6, 6.07) is 8.94. The van der Waals surface area contributed by atoms with Crippen LogP contribution in [0, 0.1) is 5.82 Å². The first-order chi connectivity index (χ1) is 15.4. The molecule has 0 atom stereocenters. The van der Waals surface area contributed by atoms with Gasteiger partial charge in [-0.25, -0.2) is 9.18 Å². The van der Waals surface area contributed by atoms with Gasteiger partial charge in [0.15, 0.2) is 0 Å². The molecule has 0 aliphatic rings. The summed E-state index contributed by atoms with van der Waals surface area (Å²) in [6.45, 7) is 0.0203. The molecule has 32 heavy (non-hydrogen) atoms. The van der Waals surface area contributed by atoms with Crippen molar-refractivity contribution in [1.29, 1.82) is 0 Å². The minimum atomic E-state index is -1.30. The number of nitrogens with one attached hydrogen (secondary N) is 1. The van der Waals surface area contributed by atoms with Gasteiger partial charge in [-0.1, -0.05) is 0 Å². The molecule has 4 N–H and O–H groups in total. The molecule has 0 fully saturated rings. The average molecular weight is 451 g/mol. The fraction of sp³-hybridized carbons (Fsp3) is 0.0455.